The number of hydrogen-bond acceptors (Lipinski definition) is 3. The SMILES string of the molecule is CN(C(=O)CCN1C(=O)c2ccccc2C1=O)C1CCCc2ccccc21. The Kier molecular flexibility index (Phi) is 4.52. The minimum Gasteiger partial charge on any atom is -0.339 e. The predicted molar refractivity (Wildman–Crippen MR) is 101 cm³/mol. The zero-order valence-corrected chi connectivity index (χ0v) is 15.4. The number of benzene rings is 2. The summed E-state index contributed by atoms with van der Waals surface area (Å²) in [4.78, 5) is 40.6. The van der Waals surface area contributed by atoms with Crippen LogP contribution < -0.4 is 0 Å². The first kappa shape index (κ1) is 17.5. The number of carbonyl (C=O) groups is 3. The van der Waals surface area contributed by atoms with Gasteiger partial charge in [-0.15, -0.1) is 0 Å². The highest BCUT2D eigenvalue weighted by Gasteiger charge is 2.35. The molecule has 5 heteroatoms. The van der Waals surface area contributed by atoms with E-state index in [4.69, 9.17) is 0 Å². The Hall–Kier alpha value is -2.95. The van der Waals surface area contributed by atoms with Gasteiger partial charge in [-0.1, -0.05) is 36.4 Å². The smallest absolute Gasteiger partial charge is 0.261 e. The molecule has 0 N–H and O–H groups in total. The monoisotopic (exact) mass is 362 g/mol. The molecule has 1 atom stereocenters. The second-order valence-corrected chi connectivity index (χ2v) is 7.17. The summed E-state index contributed by atoms with van der Waals surface area (Å²) < 4.78 is 0. The fraction of sp³-hybridized carbons (Fsp3) is 0.318. The van der Waals surface area contributed by atoms with Gasteiger partial charge < -0.3 is 4.90 Å². The van der Waals surface area contributed by atoms with Crippen molar-refractivity contribution in [2.24, 2.45) is 0 Å². The molecule has 0 saturated heterocycles. The Morgan fingerprint density at radius 3 is 2.37 bits per heavy atom. The van der Waals surface area contributed by atoms with Gasteiger partial charge >= 0.3 is 0 Å². The highest BCUT2D eigenvalue weighted by molar-refractivity contribution is 6.21. The third-order valence-corrected chi connectivity index (χ3v) is 5.63. The molecular formula is C22H22N2O3. The number of hydrogen-bond donors (Lipinski definition) is 0. The predicted octanol–water partition coefficient (Wildman–Crippen LogP) is 3.21. The second kappa shape index (κ2) is 6.99. The summed E-state index contributed by atoms with van der Waals surface area (Å²) in [6.45, 7) is 0.115. The zero-order chi connectivity index (χ0) is 19.0. The number of rotatable bonds is 4. The number of nitrogens with zero attached hydrogens (tertiary/aromatic N) is 2. The van der Waals surface area contributed by atoms with Gasteiger partial charge in [-0.25, -0.2) is 0 Å². The zero-order valence-electron chi connectivity index (χ0n) is 15.4. The molecule has 0 fully saturated rings. The molecule has 4 rings (SSSR count). The first-order valence-electron chi connectivity index (χ1n) is 9.36. The Bertz CT molecular complexity index is 886. The Labute approximate surface area is 158 Å². The van der Waals surface area contributed by atoms with Gasteiger partial charge in [0.2, 0.25) is 5.91 Å². The minimum absolute atomic E-state index is 0.0479. The van der Waals surface area contributed by atoms with Crippen molar-refractivity contribution in [3.63, 3.8) is 0 Å². The molecular weight excluding hydrogens is 340 g/mol. The van der Waals surface area contributed by atoms with Crippen molar-refractivity contribution in [3.05, 3.63) is 70.8 Å². The van der Waals surface area contributed by atoms with E-state index in [-0.39, 0.29) is 36.7 Å². The third kappa shape index (κ3) is 3.03. The third-order valence-electron chi connectivity index (χ3n) is 5.63. The fourth-order valence-corrected chi connectivity index (χ4v) is 4.13. The van der Waals surface area contributed by atoms with Crippen LogP contribution in [0.4, 0.5) is 0 Å². The number of fused-ring (bicyclic) bond motifs is 2. The van der Waals surface area contributed by atoms with Crippen LogP contribution >= 0.6 is 0 Å². The van der Waals surface area contributed by atoms with Crippen LogP contribution in [0.2, 0.25) is 0 Å². The van der Waals surface area contributed by atoms with E-state index < -0.39 is 0 Å². The minimum atomic E-state index is -0.311. The van der Waals surface area contributed by atoms with Crippen LogP contribution in [0.25, 0.3) is 0 Å². The van der Waals surface area contributed by atoms with Gasteiger partial charge in [-0.3, -0.25) is 19.3 Å². The van der Waals surface area contributed by atoms with E-state index in [0.29, 0.717) is 11.1 Å². The Balaban J connectivity index is 1.44. The van der Waals surface area contributed by atoms with Crippen molar-refractivity contribution in [2.75, 3.05) is 13.6 Å². The average Bonchev–Trinajstić information content (AvgIpc) is 2.95. The standard InChI is InChI=1S/C22H22N2O3/c1-23(19-12-6-8-15-7-2-3-9-16(15)19)20(25)13-14-24-21(26)17-10-4-5-11-18(17)22(24)27/h2-5,7,9-11,19H,6,8,12-14H2,1H3. The molecule has 1 heterocycles. The van der Waals surface area contributed by atoms with Crippen molar-refractivity contribution in [3.8, 4) is 0 Å². The van der Waals surface area contributed by atoms with E-state index in [1.807, 2.05) is 19.2 Å². The van der Waals surface area contributed by atoms with Crippen molar-refractivity contribution in [1.82, 2.24) is 9.80 Å². The van der Waals surface area contributed by atoms with E-state index in [1.165, 1.54) is 16.0 Å². The van der Waals surface area contributed by atoms with Gasteiger partial charge in [0.05, 0.1) is 17.2 Å². The fourth-order valence-electron chi connectivity index (χ4n) is 4.13. The Morgan fingerprint density at radius 1 is 1.04 bits per heavy atom. The number of amides is 3. The summed E-state index contributed by atoms with van der Waals surface area (Å²) in [6, 6.07) is 15.1. The van der Waals surface area contributed by atoms with Gasteiger partial charge in [0.15, 0.2) is 0 Å². The maximum Gasteiger partial charge on any atom is 0.261 e. The van der Waals surface area contributed by atoms with E-state index in [0.717, 1.165) is 19.3 Å². The number of carbonyl (C=O) groups excluding carboxylic acids is 3. The molecule has 0 radical (unpaired) electrons. The van der Waals surface area contributed by atoms with Gasteiger partial charge in [0.1, 0.15) is 0 Å². The van der Waals surface area contributed by atoms with Crippen LogP contribution in [0.15, 0.2) is 48.5 Å². The lowest BCUT2D eigenvalue weighted by Gasteiger charge is -2.33. The maximum absolute atomic E-state index is 12.8. The summed E-state index contributed by atoms with van der Waals surface area (Å²) in [6.07, 6.45) is 3.17. The molecule has 2 aliphatic rings. The van der Waals surface area contributed by atoms with E-state index in [9.17, 15) is 14.4 Å². The quantitative estimate of drug-likeness (QED) is 0.785. The molecule has 0 bridgehead atoms. The number of aryl methyl sites for hydroxylation is 1. The van der Waals surface area contributed by atoms with Crippen LogP contribution in [-0.2, 0) is 11.2 Å². The topological polar surface area (TPSA) is 57.7 Å². The molecule has 27 heavy (non-hydrogen) atoms. The molecule has 1 unspecified atom stereocenters. The van der Waals surface area contributed by atoms with Gasteiger partial charge in [-0.05, 0) is 42.5 Å². The number of imide groups is 1. The Morgan fingerprint density at radius 2 is 1.67 bits per heavy atom. The highest BCUT2D eigenvalue weighted by atomic mass is 16.2. The average molecular weight is 362 g/mol. The molecule has 1 aliphatic heterocycles. The van der Waals surface area contributed by atoms with Crippen molar-refractivity contribution in [1.29, 1.82) is 0 Å². The molecule has 0 aromatic heterocycles. The lowest BCUT2D eigenvalue weighted by molar-refractivity contribution is -0.132. The molecule has 0 spiro atoms. The summed E-state index contributed by atoms with van der Waals surface area (Å²) in [5.41, 5.74) is 3.35. The van der Waals surface area contributed by atoms with Gasteiger partial charge in [-0.2, -0.15) is 0 Å². The molecule has 138 valence electrons. The van der Waals surface area contributed by atoms with E-state index >= 15 is 0 Å². The van der Waals surface area contributed by atoms with Gasteiger partial charge in [0, 0.05) is 20.0 Å². The largest absolute Gasteiger partial charge is 0.339 e. The molecule has 3 amide bonds. The first-order valence-corrected chi connectivity index (χ1v) is 9.36. The molecule has 2 aromatic carbocycles. The summed E-state index contributed by atoms with van der Waals surface area (Å²) in [5.74, 6) is -0.670. The highest BCUT2D eigenvalue weighted by Crippen LogP contribution is 2.33. The van der Waals surface area contributed by atoms with Crippen LogP contribution in [-0.4, -0.2) is 41.1 Å². The lowest BCUT2D eigenvalue weighted by Crippen LogP contribution is -2.37. The van der Waals surface area contributed by atoms with Crippen LogP contribution in [0, 0.1) is 0 Å². The van der Waals surface area contributed by atoms with Crippen molar-refractivity contribution < 1.29 is 14.4 Å². The van der Waals surface area contributed by atoms with Crippen LogP contribution in [0.3, 0.4) is 0 Å². The van der Waals surface area contributed by atoms with Crippen molar-refractivity contribution >= 4 is 17.7 Å². The molecule has 1 aliphatic carbocycles. The van der Waals surface area contributed by atoms with E-state index in [1.54, 1.807) is 29.2 Å². The summed E-state index contributed by atoms with van der Waals surface area (Å²) in [5, 5.41) is 0. The van der Waals surface area contributed by atoms with Crippen LogP contribution in [0.5, 0.6) is 0 Å². The van der Waals surface area contributed by atoms with Crippen molar-refractivity contribution in [2.45, 2.75) is 31.7 Å². The summed E-state index contributed by atoms with van der Waals surface area (Å²) in [7, 11) is 1.82. The first-order chi connectivity index (χ1) is 13.1. The molecule has 5 nitrogen and oxygen atoms in total. The molecule has 0 saturated carbocycles. The normalized spacial score (nSPS) is 18.3. The summed E-state index contributed by atoms with van der Waals surface area (Å²) >= 11 is 0. The maximum atomic E-state index is 12.8. The lowest BCUT2D eigenvalue weighted by atomic mass is 9.87. The van der Waals surface area contributed by atoms with Gasteiger partial charge in [0.25, 0.3) is 11.8 Å². The van der Waals surface area contributed by atoms with Crippen LogP contribution in [0.1, 0.15) is 57.1 Å². The second-order valence-electron chi connectivity index (χ2n) is 7.17. The van der Waals surface area contributed by atoms with E-state index in [2.05, 4.69) is 12.1 Å². The molecule has 2 aromatic rings.